The number of hydrogen-bond donors (Lipinski definition) is 0. The molecule has 1 aromatic carbocycles. The smallest absolute Gasteiger partial charge is 0.330 e. The number of nitrogens with zero attached hydrogens (tertiary/aromatic N) is 1. The largest absolute Gasteiger partial charge is 0.487 e. The second kappa shape index (κ2) is 10.5. The molecule has 0 aliphatic heterocycles. The second-order valence-electron chi connectivity index (χ2n) is 4.88. The summed E-state index contributed by atoms with van der Waals surface area (Å²) in [6.45, 7) is 2.95. The zero-order valence-electron chi connectivity index (χ0n) is 13.7. The molecule has 0 amide bonds. The van der Waals surface area contributed by atoms with Crippen molar-refractivity contribution in [2.45, 2.75) is 13.5 Å². The maximum Gasteiger partial charge on any atom is 0.330 e. The van der Waals surface area contributed by atoms with Gasteiger partial charge in [-0.05, 0) is 41.7 Å². The number of rotatable bonds is 9. The highest BCUT2D eigenvalue weighted by Crippen LogP contribution is 2.14. The van der Waals surface area contributed by atoms with Crippen LogP contribution in [-0.4, -0.2) is 29.1 Å². The molecular formula is C19H21NO3S. The third-order valence-electron chi connectivity index (χ3n) is 3.08. The van der Waals surface area contributed by atoms with Gasteiger partial charge in [0.05, 0.1) is 5.69 Å². The average molecular weight is 343 g/mol. The molecule has 2 aromatic rings. The average Bonchev–Trinajstić information content (AvgIpc) is 2.63. The van der Waals surface area contributed by atoms with Gasteiger partial charge in [0.2, 0.25) is 0 Å². The predicted molar refractivity (Wildman–Crippen MR) is 98.0 cm³/mol. The van der Waals surface area contributed by atoms with Crippen LogP contribution in [0.25, 0.3) is 6.08 Å². The molecule has 0 aliphatic carbocycles. The molecule has 2 rings (SSSR count). The zero-order chi connectivity index (χ0) is 17.0. The number of carbonyl (C=O) groups excluding carboxylic acids is 1. The van der Waals surface area contributed by atoms with Gasteiger partial charge < -0.3 is 9.47 Å². The van der Waals surface area contributed by atoms with Crippen LogP contribution < -0.4 is 4.74 Å². The molecule has 0 unspecified atom stereocenters. The van der Waals surface area contributed by atoms with Gasteiger partial charge in [0.15, 0.2) is 0 Å². The minimum atomic E-state index is -0.317. The van der Waals surface area contributed by atoms with Crippen molar-refractivity contribution >= 4 is 23.8 Å². The van der Waals surface area contributed by atoms with E-state index in [-0.39, 0.29) is 5.97 Å². The molecule has 1 aromatic heterocycles. The second-order valence-corrected chi connectivity index (χ2v) is 6.27. The molecule has 0 atom stereocenters. The summed E-state index contributed by atoms with van der Waals surface area (Å²) >= 11 is 1.75. The molecule has 1 heterocycles. The van der Waals surface area contributed by atoms with Crippen molar-refractivity contribution in [1.29, 1.82) is 0 Å². The third-order valence-corrected chi connectivity index (χ3v) is 3.94. The van der Waals surface area contributed by atoms with Gasteiger partial charge in [-0.3, -0.25) is 4.98 Å². The number of hydrogen-bond acceptors (Lipinski definition) is 5. The number of benzene rings is 1. The minimum absolute atomic E-state index is 0.317. The number of carbonyl (C=O) groups is 1. The van der Waals surface area contributed by atoms with Crippen molar-refractivity contribution < 1.29 is 14.3 Å². The molecule has 0 saturated heterocycles. The van der Waals surface area contributed by atoms with E-state index in [0.717, 1.165) is 28.5 Å². The summed E-state index contributed by atoms with van der Waals surface area (Å²) in [4.78, 5) is 15.8. The Morgan fingerprint density at radius 1 is 1.21 bits per heavy atom. The SMILES string of the molecule is CCSCCOC(=O)C=Cc1ccc(OCc2ccccn2)cc1. The summed E-state index contributed by atoms with van der Waals surface area (Å²) in [5, 5.41) is 0. The van der Waals surface area contributed by atoms with E-state index in [1.807, 2.05) is 42.5 Å². The van der Waals surface area contributed by atoms with Gasteiger partial charge in [-0.2, -0.15) is 11.8 Å². The molecule has 4 nitrogen and oxygen atoms in total. The van der Waals surface area contributed by atoms with E-state index in [1.165, 1.54) is 6.08 Å². The summed E-state index contributed by atoms with van der Waals surface area (Å²) in [6.07, 6.45) is 4.92. The molecule has 126 valence electrons. The van der Waals surface area contributed by atoms with Gasteiger partial charge in [0.25, 0.3) is 0 Å². The van der Waals surface area contributed by atoms with Crippen molar-refractivity contribution in [1.82, 2.24) is 4.98 Å². The fraction of sp³-hybridized carbons (Fsp3) is 0.263. The summed E-state index contributed by atoms with van der Waals surface area (Å²) < 4.78 is 10.8. The molecular weight excluding hydrogens is 322 g/mol. The Kier molecular flexibility index (Phi) is 7.90. The first-order chi connectivity index (χ1) is 11.8. The number of pyridine rings is 1. The van der Waals surface area contributed by atoms with Gasteiger partial charge in [0, 0.05) is 18.0 Å². The van der Waals surface area contributed by atoms with Crippen molar-refractivity contribution in [2.75, 3.05) is 18.1 Å². The Bertz CT molecular complexity index is 641. The van der Waals surface area contributed by atoms with Gasteiger partial charge >= 0.3 is 5.97 Å². The summed E-state index contributed by atoms with van der Waals surface area (Å²) in [5.74, 6) is 2.31. The van der Waals surface area contributed by atoms with Crippen molar-refractivity contribution in [2.24, 2.45) is 0 Å². The van der Waals surface area contributed by atoms with E-state index >= 15 is 0 Å². The van der Waals surface area contributed by atoms with Crippen LogP contribution in [0.3, 0.4) is 0 Å². The van der Waals surface area contributed by atoms with Gasteiger partial charge in [0.1, 0.15) is 19.0 Å². The molecule has 0 saturated carbocycles. The summed E-state index contributed by atoms with van der Waals surface area (Å²) in [5.41, 5.74) is 1.80. The summed E-state index contributed by atoms with van der Waals surface area (Å²) in [6, 6.07) is 13.2. The Labute approximate surface area is 146 Å². The van der Waals surface area contributed by atoms with Gasteiger partial charge in [-0.1, -0.05) is 25.1 Å². The highest BCUT2D eigenvalue weighted by molar-refractivity contribution is 7.99. The fourth-order valence-corrected chi connectivity index (χ4v) is 2.36. The standard InChI is InChI=1S/C19H21NO3S/c1-2-24-14-13-22-19(21)11-8-16-6-9-18(10-7-16)23-15-17-5-3-4-12-20-17/h3-12H,2,13-15H2,1H3. The molecule has 0 aliphatic rings. The highest BCUT2D eigenvalue weighted by Gasteiger charge is 1.99. The van der Waals surface area contributed by atoms with E-state index in [1.54, 1.807) is 24.0 Å². The Balaban J connectivity index is 1.77. The maximum atomic E-state index is 11.6. The number of esters is 1. The van der Waals surface area contributed by atoms with Crippen molar-refractivity contribution in [3.8, 4) is 5.75 Å². The summed E-state index contributed by atoms with van der Waals surface area (Å²) in [7, 11) is 0. The van der Waals surface area contributed by atoms with E-state index in [2.05, 4.69) is 11.9 Å². The first-order valence-corrected chi connectivity index (χ1v) is 8.98. The maximum absolute atomic E-state index is 11.6. The number of ether oxygens (including phenoxy) is 2. The van der Waals surface area contributed by atoms with Crippen LogP contribution in [0.5, 0.6) is 5.75 Å². The van der Waals surface area contributed by atoms with Gasteiger partial charge in [-0.25, -0.2) is 4.79 Å². The van der Waals surface area contributed by atoms with Crippen LogP contribution in [-0.2, 0) is 16.1 Å². The predicted octanol–water partition coefficient (Wildman–Crippen LogP) is 3.97. The van der Waals surface area contributed by atoms with E-state index in [9.17, 15) is 4.79 Å². The fourth-order valence-electron chi connectivity index (χ4n) is 1.87. The molecule has 24 heavy (non-hydrogen) atoms. The lowest BCUT2D eigenvalue weighted by atomic mass is 10.2. The first kappa shape index (κ1) is 18.1. The van der Waals surface area contributed by atoms with Crippen LogP contribution in [0.15, 0.2) is 54.7 Å². The molecule has 0 N–H and O–H groups in total. The van der Waals surface area contributed by atoms with E-state index < -0.39 is 0 Å². The Hall–Kier alpha value is -2.27. The molecule has 5 heteroatoms. The van der Waals surface area contributed by atoms with Crippen LogP contribution in [0.2, 0.25) is 0 Å². The topological polar surface area (TPSA) is 48.4 Å². The van der Waals surface area contributed by atoms with Crippen LogP contribution in [0.1, 0.15) is 18.2 Å². The lowest BCUT2D eigenvalue weighted by Gasteiger charge is -2.05. The lowest BCUT2D eigenvalue weighted by Crippen LogP contribution is -2.04. The monoisotopic (exact) mass is 343 g/mol. The molecule has 0 spiro atoms. The number of aromatic nitrogens is 1. The van der Waals surface area contributed by atoms with Crippen LogP contribution >= 0.6 is 11.8 Å². The molecule has 0 fully saturated rings. The molecule has 0 radical (unpaired) electrons. The Morgan fingerprint density at radius 3 is 2.75 bits per heavy atom. The van der Waals surface area contributed by atoms with Gasteiger partial charge in [-0.15, -0.1) is 0 Å². The first-order valence-electron chi connectivity index (χ1n) is 7.83. The number of thioether (sulfide) groups is 1. The lowest BCUT2D eigenvalue weighted by molar-refractivity contribution is -0.137. The highest BCUT2D eigenvalue weighted by atomic mass is 32.2. The van der Waals surface area contributed by atoms with Crippen molar-refractivity contribution in [3.05, 3.63) is 66.0 Å². The normalized spacial score (nSPS) is 10.7. The third kappa shape index (κ3) is 6.87. The van der Waals surface area contributed by atoms with E-state index in [0.29, 0.717) is 13.2 Å². The molecule has 0 bridgehead atoms. The van der Waals surface area contributed by atoms with E-state index in [4.69, 9.17) is 9.47 Å². The minimum Gasteiger partial charge on any atom is -0.487 e. The van der Waals surface area contributed by atoms with Crippen molar-refractivity contribution in [3.63, 3.8) is 0 Å². The zero-order valence-corrected chi connectivity index (χ0v) is 14.5. The van der Waals surface area contributed by atoms with Crippen LogP contribution in [0.4, 0.5) is 0 Å². The van der Waals surface area contributed by atoms with Crippen LogP contribution in [0, 0.1) is 0 Å². The Morgan fingerprint density at radius 2 is 2.04 bits per heavy atom. The quantitative estimate of drug-likeness (QED) is 0.392.